The SMILES string of the molecule is CSc1ccc(NC(=O)C(=O)N[C@H]2CCSc3ccccc32)cc1. The average molecular weight is 358 g/mol. The smallest absolute Gasteiger partial charge is 0.313 e. The van der Waals surface area contributed by atoms with Gasteiger partial charge < -0.3 is 10.6 Å². The number of nitrogens with one attached hydrogen (secondary N) is 2. The Morgan fingerprint density at radius 1 is 1.08 bits per heavy atom. The molecular formula is C18H18N2O2S2. The number of thioether (sulfide) groups is 2. The Balaban J connectivity index is 1.63. The van der Waals surface area contributed by atoms with Gasteiger partial charge in [0.15, 0.2) is 0 Å². The maximum Gasteiger partial charge on any atom is 0.313 e. The summed E-state index contributed by atoms with van der Waals surface area (Å²) in [7, 11) is 0. The molecule has 1 atom stereocenters. The molecule has 2 N–H and O–H groups in total. The highest BCUT2D eigenvalue weighted by atomic mass is 32.2. The number of rotatable bonds is 3. The first-order chi connectivity index (χ1) is 11.7. The van der Waals surface area contributed by atoms with E-state index in [9.17, 15) is 9.59 Å². The predicted molar refractivity (Wildman–Crippen MR) is 99.5 cm³/mol. The van der Waals surface area contributed by atoms with Gasteiger partial charge in [0.25, 0.3) is 0 Å². The van der Waals surface area contributed by atoms with Crippen LogP contribution in [0.4, 0.5) is 5.69 Å². The van der Waals surface area contributed by atoms with Gasteiger partial charge in [-0.15, -0.1) is 23.5 Å². The summed E-state index contributed by atoms with van der Waals surface area (Å²) in [5, 5.41) is 5.49. The van der Waals surface area contributed by atoms with Crippen LogP contribution in [0.25, 0.3) is 0 Å². The van der Waals surface area contributed by atoms with E-state index in [1.807, 2.05) is 42.7 Å². The third-order valence-corrected chi connectivity index (χ3v) is 5.68. The van der Waals surface area contributed by atoms with Crippen LogP contribution in [-0.4, -0.2) is 23.8 Å². The van der Waals surface area contributed by atoms with E-state index in [-0.39, 0.29) is 6.04 Å². The van der Waals surface area contributed by atoms with E-state index in [1.54, 1.807) is 35.7 Å². The van der Waals surface area contributed by atoms with Gasteiger partial charge in [0.1, 0.15) is 0 Å². The minimum absolute atomic E-state index is 0.112. The van der Waals surface area contributed by atoms with Crippen molar-refractivity contribution in [2.75, 3.05) is 17.3 Å². The van der Waals surface area contributed by atoms with Gasteiger partial charge in [-0.1, -0.05) is 18.2 Å². The number of hydrogen-bond acceptors (Lipinski definition) is 4. The van der Waals surface area contributed by atoms with E-state index in [2.05, 4.69) is 10.6 Å². The van der Waals surface area contributed by atoms with Gasteiger partial charge in [-0.3, -0.25) is 9.59 Å². The summed E-state index contributed by atoms with van der Waals surface area (Å²) in [6, 6.07) is 15.3. The first-order valence-electron chi connectivity index (χ1n) is 7.65. The van der Waals surface area contributed by atoms with Crippen molar-refractivity contribution in [2.45, 2.75) is 22.3 Å². The second kappa shape index (κ2) is 7.77. The Morgan fingerprint density at radius 2 is 1.83 bits per heavy atom. The molecule has 1 heterocycles. The van der Waals surface area contributed by atoms with E-state index >= 15 is 0 Å². The summed E-state index contributed by atoms with van der Waals surface area (Å²) in [6.45, 7) is 0. The molecule has 0 spiro atoms. The molecule has 1 aliphatic rings. The molecule has 1 aliphatic heterocycles. The van der Waals surface area contributed by atoms with Gasteiger partial charge in [0.05, 0.1) is 6.04 Å². The summed E-state index contributed by atoms with van der Waals surface area (Å²) in [4.78, 5) is 26.6. The molecule has 0 unspecified atom stereocenters. The van der Waals surface area contributed by atoms with Crippen LogP contribution in [0.2, 0.25) is 0 Å². The Bertz CT molecular complexity index is 747. The maximum atomic E-state index is 12.2. The lowest BCUT2D eigenvalue weighted by Crippen LogP contribution is -2.38. The average Bonchev–Trinajstić information content (AvgIpc) is 2.62. The molecule has 0 saturated carbocycles. The Labute approximate surface area is 149 Å². The molecule has 0 saturated heterocycles. The molecule has 0 bridgehead atoms. The summed E-state index contributed by atoms with van der Waals surface area (Å²) in [5.74, 6) is -0.307. The molecule has 4 nitrogen and oxygen atoms in total. The molecule has 0 fully saturated rings. The van der Waals surface area contributed by atoms with Crippen molar-refractivity contribution in [3.63, 3.8) is 0 Å². The highest BCUT2D eigenvalue weighted by Gasteiger charge is 2.24. The zero-order valence-corrected chi connectivity index (χ0v) is 14.9. The van der Waals surface area contributed by atoms with Crippen molar-refractivity contribution in [2.24, 2.45) is 0 Å². The summed E-state index contributed by atoms with van der Waals surface area (Å²) in [5.41, 5.74) is 1.70. The topological polar surface area (TPSA) is 58.2 Å². The molecule has 2 amide bonds. The fourth-order valence-corrected chi connectivity index (χ4v) is 4.11. The number of carbonyl (C=O) groups is 2. The number of benzene rings is 2. The fraction of sp³-hybridized carbons (Fsp3) is 0.222. The Kier molecular flexibility index (Phi) is 5.48. The largest absolute Gasteiger partial charge is 0.341 e. The highest BCUT2D eigenvalue weighted by Crippen LogP contribution is 2.35. The van der Waals surface area contributed by atoms with Crippen molar-refractivity contribution in [1.82, 2.24) is 5.32 Å². The number of anilines is 1. The Hall–Kier alpha value is -1.92. The second-order valence-electron chi connectivity index (χ2n) is 5.38. The van der Waals surface area contributed by atoms with Crippen molar-refractivity contribution >= 4 is 41.0 Å². The van der Waals surface area contributed by atoms with Crippen LogP contribution >= 0.6 is 23.5 Å². The monoisotopic (exact) mass is 358 g/mol. The normalized spacial score (nSPS) is 16.1. The van der Waals surface area contributed by atoms with Crippen LogP contribution < -0.4 is 10.6 Å². The standard InChI is InChI=1S/C18H18N2O2S2/c1-23-13-8-6-12(7-9-13)19-17(21)18(22)20-15-10-11-24-16-5-3-2-4-14(15)16/h2-9,15H,10-11H2,1H3,(H,19,21)(H,20,22)/t15-/m0/s1. The van der Waals surface area contributed by atoms with Crippen molar-refractivity contribution < 1.29 is 9.59 Å². The van der Waals surface area contributed by atoms with E-state index < -0.39 is 11.8 Å². The van der Waals surface area contributed by atoms with Crippen LogP contribution in [-0.2, 0) is 9.59 Å². The molecule has 2 aromatic rings. The van der Waals surface area contributed by atoms with E-state index in [0.717, 1.165) is 22.6 Å². The van der Waals surface area contributed by atoms with Crippen LogP contribution in [0, 0.1) is 0 Å². The molecular weight excluding hydrogens is 340 g/mol. The fourth-order valence-electron chi connectivity index (χ4n) is 2.58. The molecule has 3 rings (SSSR count). The zero-order chi connectivity index (χ0) is 16.9. The van der Waals surface area contributed by atoms with Crippen molar-refractivity contribution in [1.29, 1.82) is 0 Å². The van der Waals surface area contributed by atoms with Gasteiger partial charge in [-0.2, -0.15) is 0 Å². The van der Waals surface area contributed by atoms with Gasteiger partial charge in [0, 0.05) is 21.2 Å². The van der Waals surface area contributed by atoms with Crippen LogP contribution in [0.1, 0.15) is 18.0 Å². The second-order valence-corrected chi connectivity index (χ2v) is 7.40. The third kappa shape index (κ3) is 3.94. The lowest BCUT2D eigenvalue weighted by Gasteiger charge is -2.25. The number of amides is 2. The van der Waals surface area contributed by atoms with E-state index in [4.69, 9.17) is 0 Å². The summed E-state index contributed by atoms with van der Waals surface area (Å²) < 4.78 is 0. The number of carbonyl (C=O) groups excluding carboxylic acids is 2. The predicted octanol–water partition coefficient (Wildman–Crippen LogP) is 3.70. The highest BCUT2D eigenvalue weighted by molar-refractivity contribution is 7.99. The lowest BCUT2D eigenvalue weighted by molar-refractivity contribution is -0.136. The quantitative estimate of drug-likeness (QED) is 0.649. The molecule has 2 aromatic carbocycles. The zero-order valence-electron chi connectivity index (χ0n) is 13.2. The molecule has 124 valence electrons. The third-order valence-electron chi connectivity index (χ3n) is 3.82. The summed E-state index contributed by atoms with van der Waals surface area (Å²) in [6.07, 6.45) is 2.81. The summed E-state index contributed by atoms with van der Waals surface area (Å²) >= 11 is 3.41. The first-order valence-corrected chi connectivity index (χ1v) is 9.86. The molecule has 6 heteroatoms. The molecule has 0 aliphatic carbocycles. The van der Waals surface area contributed by atoms with E-state index in [1.165, 1.54) is 4.90 Å². The van der Waals surface area contributed by atoms with Crippen LogP contribution in [0.15, 0.2) is 58.3 Å². The molecule has 24 heavy (non-hydrogen) atoms. The van der Waals surface area contributed by atoms with Crippen LogP contribution in [0.3, 0.4) is 0 Å². The number of hydrogen-bond donors (Lipinski definition) is 2. The molecule has 0 radical (unpaired) electrons. The number of fused-ring (bicyclic) bond motifs is 1. The minimum atomic E-state index is -0.636. The minimum Gasteiger partial charge on any atom is -0.341 e. The van der Waals surface area contributed by atoms with Gasteiger partial charge in [-0.25, -0.2) is 0 Å². The van der Waals surface area contributed by atoms with Gasteiger partial charge >= 0.3 is 11.8 Å². The lowest BCUT2D eigenvalue weighted by atomic mass is 10.0. The Morgan fingerprint density at radius 3 is 2.58 bits per heavy atom. The van der Waals surface area contributed by atoms with Gasteiger partial charge in [0.2, 0.25) is 0 Å². The molecule has 0 aromatic heterocycles. The van der Waals surface area contributed by atoms with E-state index in [0.29, 0.717) is 5.69 Å². The van der Waals surface area contributed by atoms with Crippen molar-refractivity contribution in [3.05, 3.63) is 54.1 Å². The van der Waals surface area contributed by atoms with Crippen LogP contribution in [0.5, 0.6) is 0 Å². The van der Waals surface area contributed by atoms with Gasteiger partial charge in [-0.05, 0) is 48.6 Å². The van der Waals surface area contributed by atoms with Crippen molar-refractivity contribution in [3.8, 4) is 0 Å². The first kappa shape index (κ1) is 16.9. The maximum absolute atomic E-state index is 12.2.